The first-order valence-corrected chi connectivity index (χ1v) is 11.1. The van der Waals surface area contributed by atoms with Crippen LogP contribution in [0.1, 0.15) is 23.4 Å². The van der Waals surface area contributed by atoms with Crippen LogP contribution in [0, 0.1) is 0 Å². The lowest BCUT2D eigenvalue weighted by atomic mass is 10.1. The van der Waals surface area contributed by atoms with Crippen molar-refractivity contribution in [3.05, 3.63) is 71.9 Å². The number of alkyl halides is 5. The number of nitrogens with one attached hydrogen (secondary N) is 1. The SMILES string of the molecule is COc1cnc(-c2nn(Cc3c(C(F)(F)F)nn(C)c3C(F)F)c3ccccc23)nc1Nc1ccncc1. The molecule has 0 saturated carbocycles. The Bertz CT molecular complexity index is 1600. The van der Waals surface area contributed by atoms with Crippen LogP contribution >= 0.6 is 0 Å². The molecule has 0 fully saturated rings. The first-order chi connectivity index (χ1) is 18.2. The van der Waals surface area contributed by atoms with Gasteiger partial charge in [-0.05, 0) is 18.2 Å². The molecule has 0 atom stereocenters. The molecule has 4 aromatic heterocycles. The summed E-state index contributed by atoms with van der Waals surface area (Å²) in [6.45, 7) is -0.596. The van der Waals surface area contributed by atoms with Crippen molar-refractivity contribution in [1.82, 2.24) is 34.5 Å². The first-order valence-electron chi connectivity index (χ1n) is 11.1. The molecule has 0 unspecified atom stereocenters. The number of pyridine rings is 1. The molecule has 0 aliphatic rings. The van der Waals surface area contributed by atoms with E-state index in [9.17, 15) is 22.0 Å². The van der Waals surface area contributed by atoms with Crippen molar-refractivity contribution in [3.8, 4) is 17.3 Å². The lowest BCUT2D eigenvalue weighted by Gasteiger charge is -2.11. The number of para-hydroxylation sites is 1. The number of hydrogen-bond donors (Lipinski definition) is 1. The highest BCUT2D eigenvalue weighted by Gasteiger charge is 2.40. The third-order valence-corrected chi connectivity index (χ3v) is 5.76. The molecule has 0 spiro atoms. The van der Waals surface area contributed by atoms with Gasteiger partial charge in [0.2, 0.25) is 0 Å². The van der Waals surface area contributed by atoms with Gasteiger partial charge in [-0.2, -0.15) is 23.4 Å². The number of methoxy groups -OCH3 is 1. The number of aromatic nitrogens is 7. The number of aryl methyl sites for hydroxylation is 1. The summed E-state index contributed by atoms with van der Waals surface area (Å²) >= 11 is 0. The maximum absolute atomic E-state index is 13.8. The number of hydrogen-bond acceptors (Lipinski definition) is 7. The topological polar surface area (TPSA) is 95.6 Å². The van der Waals surface area contributed by atoms with E-state index in [0.717, 1.165) is 7.05 Å². The summed E-state index contributed by atoms with van der Waals surface area (Å²) in [7, 11) is 2.50. The highest BCUT2D eigenvalue weighted by molar-refractivity contribution is 5.92. The summed E-state index contributed by atoms with van der Waals surface area (Å²) in [6, 6.07) is 10.1. The molecule has 0 bridgehead atoms. The smallest absolute Gasteiger partial charge is 0.435 e. The molecular formula is C24H19F5N8O. The molecule has 196 valence electrons. The van der Waals surface area contributed by atoms with Crippen LogP contribution in [-0.4, -0.2) is 41.6 Å². The van der Waals surface area contributed by atoms with E-state index in [1.807, 2.05) is 0 Å². The van der Waals surface area contributed by atoms with Gasteiger partial charge in [-0.3, -0.25) is 14.3 Å². The van der Waals surface area contributed by atoms with Gasteiger partial charge >= 0.3 is 6.18 Å². The third-order valence-electron chi connectivity index (χ3n) is 5.76. The Morgan fingerprint density at radius 2 is 1.79 bits per heavy atom. The van der Waals surface area contributed by atoms with E-state index >= 15 is 0 Å². The van der Waals surface area contributed by atoms with E-state index in [1.54, 1.807) is 48.8 Å². The fourth-order valence-corrected chi connectivity index (χ4v) is 4.10. The van der Waals surface area contributed by atoms with Crippen LogP contribution in [0.15, 0.2) is 55.0 Å². The van der Waals surface area contributed by atoms with Gasteiger partial charge in [-0.15, -0.1) is 0 Å². The second kappa shape index (κ2) is 9.68. The number of nitrogens with zero attached hydrogens (tertiary/aromatic N) is 7. The molecule has 1 N–H and O–H groups in total. The minimum absolute atomic E-state index is 0.147. The fourth-order valence-electron chi connectivity index (χ4n) is 4.10. The third kappa shape index (κ3) is 4.60. The molecule has 4 heterocycles. The summed E-state index contributed by atoms with van der Waals surface area (Å²) in [5, 5.41) is 11.4. The van der Waals surface area contributed by atoms with Crippen molar-refractivity contribution in [2.75, 3.05) is 12.4 Å². The number of fused-ring (bicyclic) bond motifs is 1. The Labute approximate surface area is 211 Å². The maximum atomic E-state index is 13.8. The zero-order chi connectivity index (χ0) is 27.0. The van der Waals surface area contributed by atoms with Crippen molar-refractivity contribution in [3.63, 3.8) is 0 Å². The summed E-state index contributed by atoms with van der Waals surface area (Å²) in [5.41, 5.74) is -1.55. The molecule has 38 heavy (non-hydrogen) atoms. The standard InChI is InChI=1S/C24H19F5N8O/c1-36-19(21(25)26)15(20(35-36)24(27,28)29)12-37-16-6-4-3-5-14(16)18(34-37)23-31-11-17(38-2)22(33-23)32-13-7-9-30-10-8-13/h3-11,21H,12H2,1-2H3,(H,30,31,32,33). The molecule has 0 aliphatic heterocycles. The average molecular weight is 530 g/mol. The molecule has 5 aromatic rings. The molecule has 9 nitrogen and oxygen atoms in total. The lowest BCUT2D eigenvalue weighted by Crippen LogP contribution is -2.13. The van der Waals surface area contributed by atoms with Crippen LogP contribution in [0.4, 0.5) is 33.5 Å². The number of anilines is 2. The number of benzene rings is 1. The molecule has 0 radical (unpaired) electrons. The van der Waals surface area contributed by atoms with Gasteiger partial charge in [0.15, 0.2) is 23.1 Å². The Hall–Kier alpha value is -4.62. The molecular weight excluding hydrogens is 511 g/mol. The Morgan fingerprint density at radius 3 is 2.47 bits per heavy atom. The molecule has 14 heteroatoms. The zero-order valence-corrected chi connectivity index (χ0v) is 19.9. The minimum atomic E-state index is -4.93. The summed E-state index contributed by atoms with van der Waals surface area (Å²) in [5.74, 6) is 0.795. The van der Waals surface area contributed by atoms with E-state index in [1.165, 1.54) is 18.0 Å². The summed E-state index contributed by atoms with van der Waals surface area (Å²) in [6.07, 6.45) is -3.50. The van der Waals surface area contributed by atoms with Gasteiger partial charge < -0.3 is 10.1 Å². The van der Waals surface area contributed by atoms with Crippen molar-refractivity contribution in [1.29, 1.82) is 0 Å². The second-order valence-electron chi connectivity index (χ2n) is 8.13. The van der Waals surface area contributed by atoms with Crippen LogP contribution in [-0.2, 0) is 19.8 Å². The Kier molecular flexibility index (Phi) is 6.38. The predicted octanol–water partition coefficient (Wildman–Crippen LogP) is 5.38. The lowest BCUT2D eigenvalue weighted by molar-refractivity contribution is -0.142. The zero-order valence-electron chi connectivity index (χ0n) is 19.9. The normalized spacial score (nSPS) is 11.9. The summed E-state index contributed by atoms with van der Waals surface area (Å²) < 4.78 is 75.7. The molecule has 0 aliphatic carbocycles. The largest absolute Gasteiger partial charge is 0.491 e. The van der Waals surface area contributed by atoms with Crippen molar-refractivity contribution in [2.45, 2.75) is 19.1 Å². The summed E-state index contributed by atoms with van der Waals surface area (Å²) in [4.78, 5) is 12.8. The van der Waals surface area contributed by atoms with E-state index in [4.69, 9.17) is 4.74 Å². The van der Waals surface area contributed by atoms with Crippen LogP contribution in [0.5, 0.6) is 5.75 Å². The molecule has 1 aromatic carbocycles. The predicted molar refractivity (Wildman–Crippen MR) is 127 cm³/mol. The van der Waals surface area contributed by atoms with Gasteiger partial charge in [0.05, 0.1) is 25.4 Å². The first kappa shape index (κ1) is 25.0. The Morgan fingerprint density at radius 1 is 1.05 bits per heavy atom. The highest BCUT2D eigenvalue weighted by atomic mass is 19.4. The van der Waals surface area contributed by atoms with E-state index in [2.05, 4.69) is 30.5 Å². The quantitative estimate of drug-likeness (QED) is 0.282. The van der Waals surface area contributed by atoms with Gasteiger partial charge in [0, 0.05) is 36.1 Å². The average Bonchev–Trinajstić information content (AvgIpc) is 3.42. The van der Waals surface area contributed by atoms with Gasteiger partial charge in [0.1, 0.15) is 11.4 Å². The monoisotopic (exact) mass is 530 g/mol. The van der Waals surface area contributed by atoms with Crippen LogP contribution in [0.25, 0.3) is 22.4 Å². The van der Waals surface area contributed by atoms with E-state index in [-0.39, 0.29) is 11.5 Å². The number of halogens is 5. The highest BCUT2D eigenvalue weighted by Crippen LogP contribution is 2.37. The van der Waals surface area contributed by atoms with Crippen molar-refractivity contribution < 1.29 is 26.7 Å². The number of ether oxygens (including phenoxy) is 1. The fraction of sp³-hybridized carbons (Fsp3) is 0.208. The van der Waals surface area contributed by atoms with Crippen molar-refractivity contribution >= 4 is 22.4 Å². The Balaban J connectivity index is 1.63. The minimum Gasteiger partial charge on any atom is -0.491 e. The molecule has 5 rings (SSSR count). The second-order valence-corrected chi connectivity index (χ2v) is 8.13. The van der Waals surface area contributed by atoms with Crippen LogP contribution in [0.2, 0.25) is 0 Å². The van der Waals surface area contributed by atoms with E-state index < -0.39 is 36.1 Å². The van der Waals surface area contributed by atoms with E-state index in [0.29, 0.717) is 32.8 Å². The van der Waals surface area contributed by atoms with Gasteiger partial charge in [0.25, 0.3) is 6.43 Å². The number of rotatable bonds is 7. The van der Waals surface area contributed by atoms with Gasteiger partial charge in [-0.25, -0.2) is 18.7 Å². The van der Waals surface area contributed by atoms with Crippen molar-refractivity contribution in [2.24, 2.45) is 7.05 Å². The maximum Gasteiger partial charge on any atom is 0.435 e. The molecule has 0 saturated heterocycles. The van der Waals surface area contributed by atoms with Crippen LogP contribution in [0.3, 0.4) is 0 Å². The molecule has 0 amide bonds. The van der Waals surface area contributed by atoms with Gasteiger partial charge in [-0.1, -0.05) is 18.2 Å². The van der Waals surface area contributed by atoms with Crippen LogP contribution < -0.4 is 10.1 Å².